The normalized spacial score (nSPS) is 14.1. The summed E-state index contributed by atoms with van der Waals surface area (Å²) in [4.78, 5) is 28.5. The molecular weight excluding hydrogens is 326 g/mol. The lowest BCUT2D eigenvalue weighted by Crippen LogP contribution is -2.16. The maximum absolute atomic E-state index is 12.8. The van der Waals surface area contributed by atoms with Gasteiger partial charge in [0, 0.05) is 17.8 Å². The minimum Gasteiger partial charge on any atom is -0.454 e. The van der Waals surface area contributed by atoms with Crippen molar-refractivity contribution >= 4 is 16.7 Å². The van der Waals surface area contributed by atoms with E-state index in [0.717, 1.165) is 0 Å². The summed E-state index contributed by atoms with van der Waals surface area (Å²) >= 11 is 0. The Balaban J connectivity index is 1.63. The molecule has 0 radical (unpaired) electrons. The van der Waals surface area contributed by atoms with Crippen LogP contribution in [-0.4, -0.2) is 24.4 Å². The van der Waals surface area contributed by atoms with E-state index in [1.807, 2.05) is 0 Å². The topological polar surface area (TPSA) is 86.9 Å². The summed E-state index contributed by atoms with van der Waals surface area (Å²) in [5.41, 5.74) is 0.617. The molecule has 3 aromatic rings. The van der Waals surface area contributed by atoms with Crippen LogP contribution in [0.25, 0.3) is 10.9 Å². The van der Waals surface area contributed by atoms with Crippen LogP contribution in [0, 0.1) is 0 Å². The SMILES string of the molecule is O=C(c1ccc2c(c1)OCO2)c1c[nH]c2cc3c(cc2c1=O)OCO3. The summed E-state index contributed by atoms with van der Waals surface area (Å²) in [5.74, 6) is 1.74. The summed E-state index contributed by atoms with van der Waals surface area (Å²) in [6.45, 7) is 0.236. The number of hydrogen-bond acceptors (Lipinski definition) is 6. The lowest BCUT2D eigenvalue weighted by atomic mass is 10.0. The fraction of sp³-hybridized carbons (Fsp3) is 0.111. The first-order valence-corrected chi connectivity index (χ1v) is 7.60. The minimum absolute atomic E-state index is 0.0465. The Morgan fingerprint density at radius 2 is 1.56 bits per heavy atom. The van der Waals surface area contributed by atoms with Gasteiger partial charge in [-0.3, -0.25) is 9.59 Å². The van der Waals surface area contributed by atoms with Gasteiger partial charge in [-0.15, -0.1) is 0 Å². The van der Waals surface area contributed by atoms with E-state index in [-0.39, 0.29) is 30.4 Å². The first-order valence-electron chi connectivity index (χ1n) is 7.60. The standard InChI is InChI=1S/C18H11NO6/c20-17(9-1-2-13-14(3-9)23-7-22-13)11-6-19-12-5-16-15(24-8-25-16)4-10(12)18(11)21/h1-6H,7-8H2,(H,19,21). The van der Waals surface area contributed by atoms with E-state index in [1.165, 1.54) is 6.20 Å². The second-order valence-corrected chi connectivity index (χ2v) is 5.68. The molecule has 0 unspecified atom stereocenters. The predicted molar refractivity (Wildman–Crippen MR) is 86.7 cm³/mol. The van der Waals surface area contributed by atoms with Crippen LogP contribution in [0.2, 0.25) is 0 Å². The van der Waals surface area contributed by atoms with Crippen molar-refractivity contribution < 1.29 is 23.7 Å². The molecule has 25 heavy (non-hydrogen) atoms. The largest absolute Gasteiger partial charge is 0.454 e. The third-order valence-electron chi connectivity index (χ3n) is 4.25. The first kappa shape index (κ1) is 13.9. The van der Waals surface area contributed by atoms with E-state index in [0.29, 0.717) is 39.5 Å². The molecule has 7 heteroatoms. The van der Waals surface area contributed by atoms with Gasteiger partial charge in [-0.2, -0.15) is 0 Å². The number of carbonyl (C=O) groups is 1. The molecule has 5 rings (SSSR count). The van der Waals surface area contributed by atoms with E-state index < -0.39 is 0 Å². The molecule has 1 N–H and O–H groups in total. The van der Waals surface area contributed by atoms with Gasteiger partial charge < -0.3 is 23.9 Å². The number of ketones is 1. The zero-order valence-corrected chi connectivity index (χ0v) is 12.8. The fourth-order valence-electron chi connectivity index (χ4n) is 2.97. The van der Waals surface area contributed by atoms with Crippen molar-refractivity contribution in [3.05, 3.63) is 57.9 Å². The Kier molecular flexibility index (Phi) is 2.79. The molecule has 0 bridgehead atoms. The number of H-pyrrole nitrogens is 1. The van der Waals surface area contributed by atoms with Gasteiger partial charge in [0.1, 0.15) is 0 Å². The Morgan fingerprint density at radius 1 is 0.880 bits per heavy atom. The number of benzene rings is 2. The van der Waals surface area contributed by atoms with Crippen LogP contribution >= 0.6 is 0 Å². The van der Waals surface area contributed by atoms with Crippen molar-refractivity contribution in [2.75, 3.05) is 13.6 Å². The highest BCUT2D eigenvalue weighted by Crippen LogP contribution is 2.35. The first-order chi connectivity index (χ1) is 12.2. The monoisotopic (exact) mass is 337 g/mol. The van der Waals surface area contributed by atoms with Crippen molar-refractivity contribution in [2.24, 2.45) is 0 Å². The number of nitrogens with one attached hydrogen (secondary N) is 1. The van der Waals surface area contributed by atoms with Crippen LogP contribution in [0.4, 0.5) is 0 Å². The van der Waals surface area contributed by atoms with Gasteiger partial charge in [-0.25, -0.2) is 0 Å². The maximum atomic E-state index is 12.8. The van der Waals surface area contributed by atoms with Gasteiger partial charge in [-0.05, 0) is 24.3 Å². The Hall–Kier alpha value is -3.48. The fourth-order valence-corrected chi connectivity index (χ4v) is 2.97. The smallest absolute Gasteiger partial charge is 0.231 e. The van der Waals surface area contributed by atoms with Crippen molar-refractivity contribution in [1.82, 2.24) is 4.98 Å². The Labute approximate surface area is 140 Å². The summed E-state index contributed by atoms with van der Waals surface area (Å²) in [6.07, 6.45) is 1.42. The molecular formula is C18H11NO6. The summed E-state index contributed by atoms with van der Waals surface area (Å²) in [5, 5.41) is 0.371. The van der Waals surface area contributed by atoms with Crippen LogP contribution in [-0.2, 0) is 0 Å². The summed E-state index contributed by atoms with van der Waals surface area (Å²) in [6, 6.07) is 8.12. The second-order valence-electron chi connectivity index (χ2n) is 5.68. The Bertz CT molecular complexity index is 1100. The average molecular weight is 337 g/mol. The molecule has 3 heterocycles. The second kappa shape index (κ2) is 5.01. The zero-order chi connectivity index (χ0) is 17.0. The number of hydrogen-bond donors (Lipinski definition) is 1. The molecule has 2 aliphatic heterocycles. The summed E-state index contributed by atoms with van der Waals surface area (Å²) < 4.78 is 21.1. The predicted octanol–water partition coefficient (Wildman–Crippen LogP) is 2.22. The average Bonchev–Trinajstić information content (AvgIpc) is 3.28. The highest BCUT2D eigenvalue weighted by molar-refractivity contribution is 6.10. The number of ether oxygens (including phenoxy) is 4. The van der Waals surface area contributed by atoms with Crippen molar-refractivity contribution in [3.8, 4) is 23.0 Å². The van der Waals surface area contributed by atoms with E-state index in [9.17, 15) is 9.59 Å². The molecule has 0 saturated heterocycles. The quantitative estimate of drug-likeness (QED) is 0.722. The van der Waals surface area contributed by atoms with Crippen LogP contribution < -0.4 is 24.4 Å². The number of aromatic amines is 1. The molecule has 7 nitrogen and oxygen atoms in total. The minimum atomic E-state index is -0.390. The molecule has 1 aromatic heterocycles. The van der Waals surface area contributed by atoms with Gasteiger partial charge in [0.25, 0.3) is 0 Å². The van der Waals surface area contributed by atoms with Gasteiger partial charge in [0.05, 0.1) is 16.5 Å². The molecule has 0 atom stereocenters. The van der Waals surface area contributed by atoms with Gasteiger partial charge in [0.15, 0.2) is 28.8 Å². The van der Waals surface area contributed by atoms with Crippen LogP contribution in [0.5, 0.6) is 23.0 Å². The number of carbonyl (C=O) groups excluding carboxylic acids is 1. The van der Waals surface area contributed by atoms with Crippen molar-refractivity contribution in [1.29, 1.82) is 0 Å². The van der Waals surface area contributed by atoms with E-state index in [2.05, 4.69) is 4.98 Å². The lowest BCUT2D eigenvalue weighted by molar-refractivity contribution is 0.103. The molecule has 2 aliphatic rings. The third kappa shape index (κ3) is 2.06. The number of pyridine rings is 1. The highest BCUT2D eigenvalue weighted by Gasteiger charge is 2.21. The van der Waals surface area contributed by atoms with Gasteiger partial charge in [0.2, 0.25) is 19.0 Å². The number of aromatic nitrogens is 1. The van der Waals surface area contributed by atoms with Crippen molar-refractivity contribution in [3.63, 3.8) is 0 Å². The number of fused-ring (bicyclic) bond motifs is 3. The van der Waals surface area contributed by atoms with E-state index in [1.54, 1.807) is 30.3 Å². The van der Waals surface area contributed by atoms with Gasteiger partial charge >= 0.3 is 0 Å². The highest BCUT2D eigenvalue weighted by atomic mass is 16.7. The maximum Gasteiger partial charge on any atom is 0.231 e. The number of rotatable bonds is 2. The Morgan fingerprint density at radius 3 is 2.36 bits per heavy atom. The van der Waals surface area contributed by atoms with Gasteiger partial charge in [-0.1, -0.05) is 0 Å². The zero-order valence-electron chi connectivity index (χ0n) is 12.8. The molecule has 0 spiro atoms. The molecule has 0 aliphatic carbocycles. The lowest BCUT2D eigenvalue weighted by Gasteiger charge is -2.05. The summed E-state index contributed by atoms with van der Waals surface area (Å²) in [7, 11) is 0. The van der Waals surface area contributed by atoms with Crippen LogP contribution in [0.15, 0.2) is 41.3 Å². The third-order valence-corrected chi connectivity index (χ3v) is 4.25. The van der Waals surface area contributed by atoms with Crippen LogP contribution in [0.1, 0.15) is 15.9 Å². The van der Waals surface area contributed by atoms with Crippen LogP contribution in [0.3, 0.4) is 0 Å². The van der Waals surface area contributed by atoms with E-state index in [4.69, 9.17) is 18.9 Å². The van der Waals surface area contributed by atoms with E-state index >= 15 is 0 Å². The molecule has 0 fully saturated rings. The molecule has 0 amide bonds. The molecule has 0 saturated carbocycles. The molecule has 124 valence electrons. The van der Waals surface area contributed by atoms with Crippen molar-refractivity contribution in [2.45, 2.75) is 0 Å². The molecule has 2 aromatic carbocycles.